The van der Waals surface area contributed by atoms with Gasteiger partial charge in [-0.25, -0.2) is 0 Å². The minimum Gasteiger partial charge on any atom is -0.313 e. The van der Waals surface area contributed by atoms with Crippen molar-refractivity contribution < 1.29 is 4.79 Å². The molecule has 1 heterocycles. The van der Waals surface area contributed by atoms with E-state index >= 15 is 0 Å². The van der Waals surface area contributed by atoms with Gasteiger partial charge in [0.2, 0.25) is 5.91 Å². The van der Waals surface area contributed by atoms with Crippen molar-refractivity contribution in [2.45, 2.75) is 26.3 Å². The van der Waals surface area contributed by atoms with Crippen LogP contribution in [0.3, 0.4) is 0 Å². The molecule has 1 unspecified atom stereocenters. The van der Waals surface area contributed by atoms with Gasteiger partial charge >= 0.3 is 0 Å². The topological polar surface area (TPSA) is 20.3 Å². The Bertz CT molecular complexity index is 323. The third-order valence-corrected chi connectivity index (χ3v) is 2.38. The number of thiol groups is 1. The lowest BCUT2D eigenvalue weighted by molar-refractivity contribution is -0.133. The van der Waals surface area contributed by atoms with E-state index in [1.807, 2.05) is 45.2 Å². The number of amides is 1. The molecule has 1 amide bonds. The van der Waals surface area contributed by atoms with E-state index < -0.39 is 0 Å². The van der Waals surface area contributed by atoms with Crippen LogP contribution < -0.4 is 0 Å². The molecule has 1 aliphatic rings. The lowest BCUT2D eigenvalue weighted by Crippen LogP contribution is -2.43. The molecule has 0 fully saturated rings. The van der Waals surface area contributed by atoms with Gasteiger partial charge < -0.3 is 4.90 Å². The van der Waals surface area contributed by atoms with E-state index in [-0.39, 0.29) is 17.4 Å². The van der Waals surface area contributed by atoms with Crippen molar-refractivity contribution in [1.29, 1.82) is 0 Å². The Morgan fingerprint density at radius 3 is 2.60 bits per heavy atom. The maximum absolute atomic E-state index is 12.1. The van der Waals surface area contributed by atoms with Crippen LogP contribution in [-0.2, 0) is 4.79 Å². The number of nitrogens with zero attached hydrogens (tertiary/aromatic N) is 1. The van der Waals surface area contributed by atoms with E-state index in [1.54, 1.807) is 16.4 Å². The van der Waals surface area contributed by atoms with Gasteiger partial charge in [0.05, 0.1) is 5.92 Å². The maximum Gasteiger partial charge on any atom is 0.237 e. The van der Waals surface area contributed by atoms with Crippen LogP contribution in [0.15, 0.2) is 35.9 Å². The lowest BCUT2D eigenvalue weighted by Gasteiger charge is -2.33. The highest BCUT2D eigenvalue weighted by atomic mass is 32.1. The fourth-order valence-corrected chi connectivity index (χ4v) is 1.61. The van der Waals surface area contributed by atoms with E-state index in [2.05, 4.69) is 12.6 Å². The van der Waals surface area contributed by atoms with Gasteiger partial charge in [0.25, 0.3) is 0 Å². The first-order valence-electron chi connectivity index (χ1n) is 4.96. The van der Waals surface area contributed by atoms with Gasteiger partial charge in [0.15, 0.2) is 0 Å². The summed E-state index contributed by atoms with van der Waals surface area (Å²) >= 11 is 4.00. The van der Waals surface area contributed by atoms with Crippen LogP contribution >= 0.6 is 12.6 Å². The molecule has 0 bridgehead atoms. The molecule has 1 rings (SSSR count). The van der Waals surface area contributed by atoms with Crippen LogP contribution in [0.2, 0.25) is 0 Å². The predicted molar refractivity (Wildman–Crippen MR) is 66.5 cm³/mol. The lowest BCUT2D eigenvalue weighted by atomic mass is 10.0. The number of carbonyl (C=O) groups is 1. The van der Waals surface area contributed by atoms with Crippen molar-refractivity contribution >= 4 is 18.5 Å². The summed E-state index contributed by atoms with van der Waals surface area (Å²) in [5, 5.41) is 1.61. The average molecular weight is 223 g/mol. The molecule has 15 heavy (non-hydrogen) atoms. The number of carbonyl (C=O) groups excluding carboxylic acids is 1. The summed E-state index contributed by atoms with van der Waals surface area (Å²) in [5.41, 5.74) is -0.192. The van der Waals surface area contributed by atoms with Crippen LogP contribution in [0.4, 0.5) is 0 Å². The molecule has 1 atom stereocenters. The molecule has 2 nitrogen and oxygen atoms in total. The van der Waals surface area contributed by atoms with Crippen molar-refractivity contribution in [2.24, 2.45) is 5.92 Å². The zero-order valence-electron chi connectivity index (χ0n) is 9.34. The minimum atomic E-state index is -0.211. The highest BCUT2D eigenvalue weighted by molar-refractivity contribution is 7.83. The fraction of sp³-hybridized carbons (Fsp3) is 0.417. The Hall–Kier alpha value is -0.960. The third kappa shape index (κ3) is 2.99. The van der Waals surface area contributed by atoms with E-state index in [0.717, 1.165) is 0 Å². The van der Waals surface area contributed by atoms with Gasteiger partial charge in [-0.3, -0.25) is 4.79 Å². The maximum atomic E-state index is 12.1. The molecule has 0 aromatic rings. The second kappa shape index (κ2) is 4.71. The standard InChI is InChI=1S/C12H17NOS/c1-12(2,3)13-8-5-4-6-10(7-9-15)11(13)14/h4-10,15H,1-3H3/b9-7-. The second-order valence-electron chi connectivity index (χ2n) is 4.47. The van der Waals surface area contributed by atoms with Gasteiger partial charge in [-0.1, -0.05) is 18.2 Å². The largest absolute Gasteiger partial charge is 0.313 e. The summed E-state index contributed by atoms with van der Waals surface area (Å²) in [6, 6.07) is 0. The zero-order valence-corrected chi connectivity index (χ0v) is 10.2. The van der Waals surface area contributed by atoms with Crippen molar-refractivity contribution in [3.63, 3.8) is 0 Å². The summed E-state index contributed by atoms with van der Waals surface area (Å²) in [5.74, 6) is -0.130. The van der Waals surface area contributed by atoms with Crippen LogP contribution in [0, 0.1) is 5.92 Å². The molecule has 0 saturated carbocycles. The van der Waals surface area contributed by atoms with E-state index in [9.17, 15) is 4.79 Å². The van der Waals surface area contributed by atoms with E-state index in [4.69, 9.17) is 0 Å². The third-order valence-electron chi connectivity index (χ3n) is 2.20. The highest BCUT2D eigenvalue weighted by Gasteiger charge is 2.28. The van der Waals surface area contributed by atoms with Crippen LogP contribution in [0.1, 0.15) is 20.8 Å². The summed E-state index contributed by atoms with van der Waals surface area (Å²) < 4.78 is 0. The van der Waals surface area contributed by atoms with Crippen molar-refractivity contribution in [2.75, 3.05) is 0 Å². The molecule has 0 N–H and O–H groups in total. The first-order chi connectivity index (χ1) is 6.96. The normalized spacial score (nSPS) is 22.5. The monoisotopic (exact) mass is 223 g/mol. The number of rotatable bonds is 1. The van der Waals surface area contributed by atoms with E-state index in [0.29, 0.717) is 0 Å². The molecule has 0 radical (unpaired) electrons. The Kier molecular flexibility index (Phi) is 3.80. The van der Waals surface area contributed by atoms with Gasteiger partial charge in [-0.15, -0.1) is 0 Å². The highest BCUT2D eigenvalue weighted by Crippen LogP contribution is 2.21. The molecule has 3 heteroatoms. The zero-order chi connectivity index (χ0) is 11.5. The Morgan fingerprint density at radius 1 is 1.40 bits per heavy atom. The predicted octanol–water partition coefficient (Wildman–Crippen LogP) is 2.76. The molecular weight excluding hydrogens is 206 g/mol. The minimum absolute atomic E-state index is 0.0813. The van der Waals surface area contributed by atoms with Gasteiger partial charge in [0.1, 0.15) is 0 Å². The van der Waals surface area contributed by atoms with Crippen molar-refractivity contribution in [3.8, 4) is 0 Å². The number of hydrogen-bond acceptors (Lipinski definition) is 2. The number of hydrogen-bond donors (Lipinski definition) is 1. The van der Waals surface area contributed by atoms with E-state index in [1.165, 1.54) is 0 Å². The molecule has 82 valence electrons. The van der Waals surface area contributed by atoms with Gasteiger partial charge in [-0.2, -0.15) is 12.6 Å². The van der Waals surface area contributed by atoms with Crippen LogP contribution in [-0.4, -0.2) is 16.3 Å². The summed E-state index contributed by atoms with van der Waals surface area (Å²) in [7, 11) is 0. The Labute approximate surface area is 96.8 Å². The van der Waals surface area contributed by atoms with Crippen LogP contribution in [0.25, 0.3) is 0 Å². The molecule has 0 aromatic heterocycles. The Balaban J connectivity index is 2.98. The van der Waals surface area contributed by atoms with Gasteiger partial charge in [-0.05, 0) is 32.3 Å². The first kappa shape index (κ1) is 12.1. The molecule has 0 aromatic carbocycles. The molecule has 1 aliphatic heterocycles. The summed E-state index contributed by atoms with van der Waals surface area (Å²) in [4.78, 5) is 13.9. The second-order valence-corrected chi connectivity index (χ2v) is 4.77. The smallest absolute Gasteiger partial charge is 0.237 e. The van der Waals surface area contributed by atoms with Crippen molar-refractivity contribution in [3.05, 3.63) is 35.9 Å². The molecule has 0 saturated heterocycles. The van der Waals surface area contributed by atoms with Gasteiger partial charge in [0, 0.05) is 11.7 Å². The summed E-state index contributed by atoms with van der Waals surface area (Å²) in [6.45, 7) is 6.05. The SMILES string of the molecule is CC(C)(C)N1C=CC=CC(/C=C\S)C1=O. The Morgan fingerprint density at radius 2 is 2.07 bits per heavy atom. The molecule has 0 aliphatic carbocycles. The fourth-order valence-electron chi connectivity index (χ4n) is 1.43. The molecular formula is C12H17NOS. The first-order valence-corrected chi connectivity index (χ1v) is 5.47. The quantitative estimate of drug-likeness (QED) is 0.678. The van der Waals surface area contributed by atoms with Crippen LogP contribution in [0.5, 0.6) is 0 Å². The van der Waals surface area contributed by atoms with Crippen molar-refractivity contribution in [1.82, 2.24) is 4.90 Å². The average Bonchev–Trinajstić information content (AvgIpc) is 2.29. The molecule has 0 spiro atoms. The number of allylic oxidation sites excluding steroid dienone is 2. The summed E-state index contributed by atoms with van der Waals surface area (Å²) in [6.07, 6.45) is 9.26.